The Morgan fingerprint density at radius 2 is 2.36 bits per heavy atom. The molecule has 0 aromatic carbocycles. The van der Waals surface area contributed by atoms with E-state index in [-0.39, 0.29) is 17.9 Å². The standard InChI is InChI=1S/C15H19N5O2/c21-15(12-2-1-6-20(12)11-3-4-11)16-8-10-5-7-22-13(10)14-17-9-18-19-14/h1-2,6,9-11,13H,3-5,7-8H2,(H,16,21)(H,17,18,19)/t10-,13-/m0/s1. The Balaban J connectivity index is 1.39. The highest BCUT2D eigenvalue weighted by molar-refractivity contribution is 5.92. The van der Waals surface area contributed by atoms with Crippen LogP contribution in [0.1, 0.15) is 47.7 Å². The summed E-state index contributed by atoms with van der Waals surface area (Å²) in [4.78, 5) is 16.6. The molecule has 7 heteroatoms. The smallest absolute Gasteiger partial charge is 0.267 e. The van der Waals surface area contributed by atoms with Gasteiger partial charge in [0.25, 0.3) is 5.91 Å². The van der Waals surface area contributed by atoms with Crippen LogP contribution in [0.25, 0.3) is 0 Å². The van der Waals surface area contributed by atoms with Crippen molar-refractivity contribution in [2.24, 2.45) is 5.92 Å². The monoisotopic (exact) mass is 301 g/mol. The van der Waals surface area contributed by atoms with Crippen LogP contribution in [0, 0.1) is 5.92 Å². The summed E-state index contributed by atoms with van der Waals surface area (Å²) in [7, 11) is 0. The van der Waals surface area contributed by atoms with Crippen molar-refractivity contribution in [3.8, 4) is 0 Å². The number of aromatic nitrogens is 4. The highest BCUT2D eigenvalue weighted by atomic mass is 16.5. The van der Waals surface area contributed by atoms with Gasteiger partial charge >= 0.3 is 0 Å². The summed E-state index contributed by atoms with van der Waals surface area (Å²) in [6.45, 7) is 1.27. The van der Waals surface area contributed by atoms with E-state index in [4.69, 9.17) is 4.74 Å². The van der Waals surface area contributed by atoms with Crippen molar-refractivity contribution in [1.29, 1.82) is 0 Å². The molecule has 0 spiro atoms. The van der Waals surface area contributed by atoms with Crippen LogP contribution in [0.2, 0.25) is 0 Å². The zero-order chi connectivity index (χ0) is 14.9. The molecule has 1 aliphatic heterocycles. The van der Waals surface area contributed by atoms with Gasteiger partial charge in [-0.15, -0.1) is 0 Å². The summed E-state index contributed by atoms with van der Waals surface area (Å²) >= 11 is 0. The van der Waals surface area contributed by atoms with Crippen molar-refractivity contribution in [2.45, 2.75) is 31.4 Å². The van der Waals surface area contributed by atoms with Gasteiger partial charge in [-0.2, -0.15) is 5.10 Å². The Kier molecular flexibility index (Phi) is 3.42. The first-order chi connectivity index (χ1) is 10.8. The van der Waals surface area contributed by atoms with Crippen LogP contribution in [0.4, 0.5) is 0 Å². The molecular weight excluding hydrogens is 282 g/mol. The zero-order valence-electron chi connectivity index (χ0n) is 12.2. The normalized spacial score (nSPS) is 24.5. The molecule has 2 aromatic rings. The fraction of sp³-hybridized carbons (Fsp3) is 0.533. The minimum Gasteiger partial charge on any atom is -0.370 e. The Labute approximate surface area is 128 Å². The highest BCUT2D eigenvalue weighted by Gasteiger charge is 2.32. The third-order valence-corrected chi connectivity index (χ3v) is 4.39. The summed E-state index contributed by atoms with van der Waals surface area (Å²) in [6.07, 6.45) is 6.60. The Bertz CT molecular complexity index is 647. The van der Waals surface area contributed by atoms with Gasteiger partial charge in [0.2, 0.25) is 0 Å². The van der Waals surface area contributed by atoms with Crippen molar-refractivity contribution in [1.82, 2.24) is 25.1 Å². The van der Waals surface area contributed by atoms with E-state index in [9.17, 15) is 4.79 Å². The molecule has 1 amide bonds. The quantitative estimate of drug-likeness (QED) is 0.875. The number of aromatic amines is 1. The van der Waals surface area contributed by atoms with Gasteiger partial charge in [-0.25, -0.2) is 4.98 Å². The molecule has 2 atom stereocenters. The van der Waals surface area contributed by atoms with E-state index >= 15 is 0 Å². The van der Waals surface area contributed by atoms with E-state index in [1.54, 1.807) is 0 Å². The SMILES string of the molecule is O=C(NC[C@@H]1CCO[C@@H]1c1ncn[nH]1)c1cccn1C1CC1. The lowest BCUT2D eigenvalue weighted by Gasteiger charge is -2.17. The first-order valence-electron chi connectivity index (χ1n) is 7.75. The molecule has 3 heterocycles. The topological polar surface area (TPSA) is 84.8 Å². The van der Waals surface area contributed by atoms with Gasteiger partial charge in [0.15, 0.2) is 5.82 Å². The summed E-state index contributed by atoms with van der Waals surface area (Å²) in [5, 5.41) is 9.76. The number of rotatable bonds is 5. The second-order valence-corrected chi connectivity index (χ2v) is 5.95. The minimum atomic E-state index is -0.113. The summed E-state index contributed by atoms with van der Waals surface area (Å²) in [5.41, 5.74) is 0.748. The maximum Gasteiger partial charge on any atom is 0.267 e. The Hall–Kier alpha value is -2.15. The van der Waals surface area contributed by atoms with Gasteiger partial charge in [-0.3, -0.25) is 9.89 Å². The molecule has 2 fully saturated rings. The number of nitrogens with one attached hydrogen (secondary N) is 2. The highest BCUT2D eigenvalue weighted by Crippen LogP contribution is 2.36. The Morgan fingerprint density at radius 1 is 1.45 bits per heavy atom. The van der Waals surface area contributed by atoms with Gasteiger partial charge in [-0.05, 0) is 31.4 Å². The summed E-state index contributed by atoms with van der Waals surface area (Å²) in [6, 6.07) is 4.32. The largest absolute Gasteiger partial charge is 0.370 e. The molecule has 1 aliphatic carbocycles. The number of H-pyrrole nitrogens is 1. The van der Waals surface area contributed by atoms with E-state index in [2.05, 4.69) is 25.1 Å². The Morgan fingerprint density at radius 3 is 3.14 bits per heavy atom. The van der Waals surface area contributed by atoms with E-state index < -0.39 is 0 Å². The van der Waals surface area contributed by atoms with Crippen LogP contribution in [-0.2, 0) is 4.74 Å². The second kappa shape index (κ2) is 5.57. The van der Waals surface area contributed by atoms with E-state index in [1.807, 2.05) is 18.3 Å². The molecule has 2 aliphatic rings. The van der Waals surface area contributed by atoms with Crippen LogP contribution >= 0.6 is 0 Å². The average molecular weight is 301 g/mol. The van der Waals surface area contributed by atoms with Crippen LogP contribution in [-0.4, -0.2) is 38.8 Å². The third-order valence-electron chi connectivity index (χ3n) is 4.39. The molecule has 2 N–H and O–H groups in total. The van der Waals surface area contributed by atoms with Gasteiger partial charge in [0.1, 0.15) is 18.1 Å². The van der Waals surface area contributed by atoms with Crippen molar-refractivity contribution in [3.05, 3.63) is 36.2 Å². The molecule has 2 aromatic heterocycles. The van der Waals surface area contributed by atoms with E-state index in [0.717, 1.165) is 17.9 Å². The van der Waals surface area contributed by atoms with Crippen molar-refractivity contribution >= 4 is 5.91 Å². The number of carbonyl (C=O) groups is 1. The van der Waals surface area contributed by atoms with Crippen LogP contribution in [0.5, 0.6) is 0 Å². The number of nitrogens with zero attached hydrogens (tertiary/aromatic N) is 3. The minimum absolute atomic E-state index is 0.0138. The average Bonchev–Trinajstić information content (AvgIpc) is 3.01. The molecule has 0 bridgehead atoms. The maximum absolute atomic E-state index is 12.4. The van der Waals surface area contributed by atoms with Gasteiger partial charge in [-0.1, -0.05) is 0 Å². The van der Waals surface area contributed by atoms with Gasteiger partial charge in [0, 0.05) is 31.3 Å². The maximum atomic E-state index is 12.4. The second-order valence-electron chi connectivity index (χ2n) is 5.95. The molecule has 1 saturated heterocycles. The molecule has 4 rings (SSSR count). The number of amides is 1. The molecule has 22 heavy (non-hydrogen) atoms. The number of hydrogen-bond donors (Lipinski definition) is 2. The molecule has 7 nitrogen and oxygen atoms in total. The van der Waals surface area contributed by atoms with E-state index in [1.165, 1.54) is 19.2 Å². The predicted molar refractivity (Wildman–Crippen MR) is 78.2 cm³/mol. The zero-order valence-corrected chi connectivity index (χ0v) is 12.2. The van der Waals surface area contributed by atoms with Crippen LogP contribution < -0.4 is 5.32 Å². The molecular formula is C15H19N5O2. The van der Waals surface area contributed by atoms with Crippen molar-refractivity contribution in [2.75, 3.05) is 13.2 Å². The van der Waals surface area contributed by atoms with Gasteiger partial charge < -0.3 is 14.6 Å². The summed E-state index contributed by atoms with van der Waals surface area (Å²) in [5.74, 6) is 0.944. The van der Waals surface area contributed by atoms with E-state index in [0.29, 0.717) is 19.2 Å². The first kappa shape index (κ1) is 13.5. The molecule has 116 valence electrons. The third kappa shape index (κ3) is 2.52. The number of ether oxygens (including phenoxy) is 1. The summed E-state index contributed by atoms with van der Waals surface area (Å²) < 4.78 is 7.79. The lowest BCUT2D eigenvalue weighted by molar-refractivity contribution is 0.0796. The lowest BCUT2D eigenvalue weighted by atomic mass is 10.0. The van der Waals surface area contributed by atoms with Crippen molar-refractivity contribution < 1.29 is 9.53 Å². The fourth-order valence-corrected chi connectivity index (χ4v) is 3.07. The predicted octanol–water partition coefficient (Wildman–Crippen LogP) is 1.45. The lowest BCUT2D eigenvalue weighted by Crippen LogP contribution is -2.32. The number of carbonyl (C=O) groups excluding carboxylic acids is 1. The van der Waals surface area contributed by atoms with Gasteiger partial charge in [0.05, 0.1) is 0 Å². The molecule has 1 saturated carbocycles. The number of hydrogen-bond acceptors (Lipinski definition) is 4. The fourth-order valence-electron chi connectivity index (χ4n) is 3.07. The first-order valence-corrected chi connectivity index (χ1v) is 7.75. The van der Waals surface area contributed by atoms with Crippen LogP contribution in [0.3, 0.4) is 0 Å². The van der Waals surface area contributed by atoms with Crippen molar-refractivity contribution in [3.63, 3.8) is 0 Å². The molecule has 0 radical (unpaired) electrons. The molecule has 0 unspecified atom stereocenters. The van der Waals surface area contributed by atoms with Crippen LogP contribution in [0.15, 0.2) is 24.7 Å².